The zero-order valence-corrected chi connectivity index (χ0v) is 11.9. The fraction of sp³-hybridized carbons (Fsp3) is 0.400. The Morgan fingerprint density at radius 2 is 2.05 bits per heavy atom. The minimum Gasteiger partial charge on any atom is -0.361 e. The first-order valence-corrected chi connectivity index (χ1v) is 6.91. The van der Waals surface area contributed by atoms with Crippen molar-refractivity contribution >= 4 is 6.21 Å². The van der Waals surface area contributed by atoms with Gasteiger partial charge in [0, 0.05) is 26.2 Å². The second kappa shape index (κ2) is 6.54. The molecule has 20 heavy (non-hydrogen) atoms. The summed E-state index contributed by atoms with van der Waals surface area (Å²) >= 11 is 0. The van der Waals surface area contributed by atoms with Crippen LogP contribution in [0.3, 0.4) is 0 Å². The van der Waals surface area contributed by atoms with E-state index in [1.807, 2.05) is 19.2 Å². The lowest BCUT2D eigenvalue weighted by Gasteiger charge is -2.34. The summed E-state index contributed by atoms with van der Waals surface area (Å²) in [7, 11) is 2.05. The molecule has 2 rings (SSSR count). The summed E-state index contributed by atoms with van der Waals surface area (Å²) in [6, 6.07) is 10.4. The molecule has 0 amide bonds. The quantitative estimate of drug-likeness (QED) is 0.710. The lowest BCUT2D eigenvalue weighted by molar-refractivity contribution is 0.290. The van der Waals surface area contributed by atoms with Crippen molar-refractivity contribution in [1.82, 2.24) is 10.2 Å². The Balaban J connectivity index is 1.91. The Morgan fingerprint density at radius 3 is 2.75 bits per heavy atom. The van der Waals surface area contributed by atoms with Crippen molar-refractivity contribution in [1.29, 1.82) is 0 Å². The third-order valence-corrected chi connectivity index (χ3v) is 3.40. The molecule has 1 aliphatic heterocycles. The van der Waals surface area contributed by atoms with E-state index in [2.05, 4.69) is 39.5 Å². The van der Waals surface area contributed by atoms with Crippen molar-refractivity contribution in [3.8, 4) is 0 Å². The molecule has 0 bridgehead atoms. The van der Waals surface area contributed by atoms with Gasteiger partial charge in [-0.2, -0.15) is 0 Å². The highest BCUT2D eigenvalue weighted by molar-refractivity contribution is 5.73. The second-order valence-corrected chi connectivity index (χ2v) is 5.08. The van der Waals surface area contributed by atoms with Gasteiger partial charge in [-0.25, -0.2) is 0 Å². The van der Waals surface area contributed by atoms with Crippen LogP contribution >= 0.6 is 0 Å². The van der Waals surface area contributed by atoms with Gasteiger partial charge in [0.05, 0.1) is 0 Å². The van der Waals surface area contributed by atoms with Crippen molar-refractivity contribution in [2.75, 3.05) is 20.1 Å². The number of likely N-dealkylation sites (N-methyl/N-ethyl adjacent to an activating group) is 1. The van der Waals surface area contributed by atoms with Crippen LogP contribution in [0.25, 0.3) is 0 Å². The monoisotopic (exact) mass is 273 g/mol. The lowest BCUT2D eigenvalue weighted by Crippen LogP contribution is -2.56. The average molecular weight is 273 g/mol. The molecule has 1 aromatic rings. The largest absolute Gasteiger partial charge is 0.361 e. The topological polar surface area (TPSA) is 79.7 Å². The molecule has 1 heterocycles. The fourth-order valence-corrected chi connectivity index (χ4v) is 2.17. The molecule has 0 saturated heterocycles. The summed E-state index contributed by atoms with van der Waals surface area (Å²) < 4.78 is 0. The van der Waals surface area contributed by atoms with E-state index in [0.29, 0.717) is 13.0 Å². The van der Waals surface area contributed by atoms with Gasteiger partial charge in [0.2, 0.25) is 0 Å². The van der Waals surface area contributed by atoms with Crippen LogP contribution in [0, 0.1) is 0 Å². The van der Waals surface area contributed by atoms with Gasteiger partial charge in [-0.15, -0.1) is 0 Å². The first-order valence-electron chi connectivity index (χ1n) is 6.91. The molecule has 0 radical (unpaired) electrons. The van der Waals surface area contributed by atoms with Gasteiger partial charge < -0.3 is 16.0 Å². The molecular formula is C15H23N5. The zero-order chi connectivity index (χ0) is 14.4. The summed E-state index contributed by atoms with van der Waals surface area (Å²) in [4.78, 5) is 6.41. The number of nitrogens with two attached hydrogens (primary N) is 2. The van der Waals surface area contributed by atoms with Gasteiger partial charge in [-0.05, 0) is 24.6 Å². The Kier molecular flexibility index (Phi) is 4.76. The van der Waals surface area contributed by atoms with Crippen LogP contribution in [0.1, 0.15) is 12.0 Å². The Labute approximate surface area is 120 Å². The van der Waals surface area contributed by atoms with Gasteiger partial charge in [0.15, 0.2) is 5.79 Å². The van der Waals surface area contributed by atoms with Gasteiger partial charge in [-0.3, -0.25) is 10.7 Å². The van der Waals surface area contributed by atoms with E-state index in [9.17, 15) is 0 Å². The highest BCUT2D eigenvalue weighted by atomic mass is 15.3. The Morgan fingerprint density at radius 1 is 1.30 bits per heavy atom. The number of allylic oxidation sites excluding steroid dienone is 1. The standard InChI is InChI=1S/C15H23N5/c1-20(12-8-13-5-3-2-4-6-13)14-7-11-18-15(17,19-14)9-10-16/h2-7,11,19H,8-10,12,16-17H2,1H3. The molecule has 5 heteroatoms. The zero-order valence-electron chi connectivity index (χ0n) is 11.9. The summed E-state index contributed by atoms with van der Waals surface area (Å²) in [5.41, 5.74) is 13.0. The van der Waals surface area contributed by atoms with Crippen LogP contribution in [0.5, 0.6) is 0 Å². The van der Waals surface area contributed by atoms with E-state index < -0.39 is 5.79 Å². The third kappa shape index (κ3) is 3.82. The van der Waals surface area contributed by atoms with E-state index in [4.69, 9.17) is 11.5 Å². The normalized spacial score (nSPS) is 21.2. The lowest BCUT2D eigenvalue weighted by atomic mass is 10.1. The predicted molar refractivity (Wildman–Crippen MR) is 83.1 cm³/mol. The van der Waals surface area contributed by atoms with Crippen molar-refractivity contribution in [3.63, 3.8) is 0 Å². The number of nitrogens with zero attached hydrogens (tertiary/aromatic N) is 2. The molecular weight excluding hydrogens is 250 g/mol. The van der Waals surface area contributed by atoms with E-state index in [1.165, 1.54) is 5.56 Å². The third-order valence-electron chi connectivity index (χ3n) is 3.40. The molecule has 0 saturated carbocycles. The first kappa shape index (κ1) is 14.6. The Hall–Kier alpha value is -1.85. The first-order chi connectivity index (χ1) is 9.63. The van der Waals surface area contributed by atoms with E-state index >= 15 is 0 Å². The number of rotatable bonds is 6. The van der Waals surface area contributed by atoms with E-state index in [0.717, 1.165) is 18.8 Å². The SMILES string of the molecule is CN(CCc1ccccc1)C1=CC=NC(N)(CCN)N1. The highest BCUT2D eigenvalue weighted by Gasteiger charge is 2.26. The Bertz CT molecular complexity index is 482. The van der Waals surface area contributed by atoms with Crippen molar-refractivity contribution in [3.05, 3.63) is 47.8 Å². The number of benzene rings is 1. The molecule has 1 unspecified atom stereocenters. The summed E-state index contributed by atoms with van der Waals surface area (Å²) in [6.45, 7) is 1.41. The van der Waals surface area contributed by atoms with Crippen LogP contribution in [-0.2, 0) is 6.42 Å². The predicted octanol–water partition coefficient (Wildman–Crippen LogP) is 0.638. The van der Waals surface area contributed by atoms with Gasteiger partial charge in [0.25, 0.3) is 0 Å². The molecule has 0 aromatic heterocycles. The van der Waals surface area contributed by atoms with Crippen LogP contribution in [0.4, 0.5) is 0 Å². The van der Waals surface area contributed by atoms with E-state index in [1.54, 1.807) is 6.21 Å². The summed E-state index contributed by atoms with van der Waals surface area (Å²) in [5.74, 6) is 0.201. The van der Waals surface area contributed by atoms with Crippen LogP contribution in [-0.4, -0.2) is 37.0 Å². The maximum absolute atomic E-state index is 6.15. The second-order valence-electron chi connectivity index (χ2n) is 5.08. The maximum Gasteiger partial charge on any atom is 0.184 e. The van der Waals surface area contributed by atoms with Crippen molar-refractivity contribution in [2.45, 2.75) is 18.6 Å². The van der Waals surface area contributed by atoms with E-state index in [-0.39, 0.29) is 0 Å². The number of hydrogen-bond acceptors (Lipinski definition) is 5. The highest BCUT2D eigenvalue weighted by Crippen LogP contribution is 2.13. The molecule has 108 valence electrons. The van der Waals surface area contributed by atoms with Gasteiger partial charge in [0.1, 0.15) is 5.82 Å². The molecule has 0 fully saturated rings. The molecule has 0 aliphatic carbocycles. The molecule has 1 aliphatic rings. The molecule has 5 N–H and O–H groups in total. The van der Waals surface area contributed by atoms with Crippen molar-refractivity contribution in [2.24, 2.45) is 16.5 Å². The molecule has 5 nitrogen and oxygen atoms in total. The molecule has 1 aromatic carbocycles. The number of nitrogens with one attached hydrogen (secondary N) is 1. The number of hydrogen-bond donors (Lipinski definition) is 3. The van der Waals surface area contributed by atoms with Crippen LogP contribution in [0.15, 0.2) is 47.2 Å². The van der Waals surface area contributed by atoms with Gasteiger partial charge >= 0.3 is 0 Å². The fourth-order valence-electron chi connectivity index (χ4n) is 2.17. The van der Waals surface area contributed by atoms with Crippen LogP contribution < -0.4 is 16.8 Å². The van der Waals surface area contributed by atoms with Crippen molar-refractivity contribution < 1.29 is 0 Å². The maximum atomic E-state index is 6.15. The van der Waals surface area contributed by atoms with Crippen LogP contribution in [0.2, 0.25) is 0 Å². The smallest absolute Gasteiger partial charge is 0.184 e. The number of aliphatic imine (C=N–C) groups is 1. The molecule has 0 spiro atoms. The summed E-state index contributed by atoms with van der Waals surface area (Å²) in [6.07, 6.45) is 5.28. The van der Waals surface area contributed by atoms with Gasteiger partial charge in [-0.1, -0.05) is 30.3 Å². The minimum atomic E-state index is -0.778. The summed E-state index contributed by atoms with van der Waals surface area (Å²) in [5, 5.41) is 3.25. The average Bonchev–Trinajstić information content (AvgIpc) is 2.46. The molecule has 1 atom stereocenters. The minimum absolute atomic E-state index is 0.502.